The molecule has 0 saturated heterocycles. The predicted octanol–water partition coefficient (Wildman–Crippen LogP) is 2.16. The van der Waals surface area contributed by atoms with Gasteiger partial charge in [-0.05, 0) is 19.9 Å². The molecule has 0 bridgehead atoms. The molecule has 0 spiro atoms. The highest BCUT2D eigenvalue weighted by atomic mass is 19.1. The number of nitrogens with zero attached hydrogens (tertiary/aromatic N) is 2. The quantitative estimate of drug-likeness (QED) is 0.637. The molecule has 2 nitrogen and oxygen atoms in total. The van der Waals surface area contributed by atoms with E-state index in [1.54, 1.807) is 0 Å². The number of hydrogen-bond donors (Lipinski definition) is 0. The van der Waals surface area contributed by atoms with Crippen molar-refractivity contribution in [2.75, 3.05) is 0 Å². The van der Waals surface area contributed by atoms with Gasteiger partial charge in [0.2, 0.25) is 0 Å². The van der Waals surface area contributed by atoms with Crippen LogP contribution in [-0.4, -0.2) is 4.98 Å². The maximum Gasteiger partial charge on any atom is 0.131 e. The second kappa shape index (κ2) is 2.90. The minimum absolute atomic E-state index is 0.296. The fraction of sp³-hybridized carbons (Fsp3) is 0.333. The average molecular weight is 164 g/mol. The first kappa shape index (κ1) is 8.66. The Balaban J connectivity index is 3.26. The van der Waals surface area contributed by atoms with Crippen molar-refractivity contribution in [3.63, 3.8) is 0 Å². The zero-order valence-corrected chi connectivity index (χ0v) is 7.00. The highest BCUT2D eigenvalue weighted by Gasteiger charge is 2.21. The predicted molar refractivity (Wildman–Crippen MR) is 43.1 cm³/mol. The van der Waals surface area contributed by atoms with Crippen molar-refractivity contribution in [3.8, 4) is 6.07 Å². The number of hydrogen-bond acceptors (Lipinski definition) is 2. The van der Waals surface area contributed by atoms with Crippen molar-refractivity contribution >= 4 is 0 Å². The Labute approximate surface area is 70.7 Å². The van der Waals surface area contributed by atoms with Gasteiger partial charge in [-0.1, -0.05) is 0 Å². The molecular weight excluding hydrogens is 155 g/mol. The molecule has 0 fully saturated rings. The lowest BCUT2D eigenvalue weighted by atomic mass is 9.97. The number of pyridine rings is 1. The topological polar surface area (TPSA) is 36.7 Å². The summed E-state index contributed by atoms with van der Waals surface area (Å²) in [5, 5.41) is 8.63. The number of aromatic nitrogens is 1. The Morgan fingerprint density at radius 3 is 2.67 bits per heavy atom. The van der Waals surface area contributed by atoms with Crippen molar-refractivity contribution in [1.29, 1.82) is 5.26 Å². The molecule has 1 heterocycles. The number of halogens is 1. The second-order valence-corrected chi connectivity index (χ2v) is 3.01. The van der Waals surface area contributed by atoms with Crippen LogP contribution in [0.25, 0.3) is 0 Å². The monoisotopic (exact) mass is 164 g/mol. The molecule has 62 valence electrons. The summed E-state index contributed by atoms with van der Waals surface area (Å²) >= 11 is 0. The Kier molecular flexibility index (Phi) is 2.09. The summed E-state index contributed by atoms with van der Waals surface area (Å²) in [4.78, 5) is 3.74. The van der Waals surface area contributed by atoms with E-state index in [0.717, 1.165) is 0 Å². The third-order valence-electron chi connectivity index (χ3n) is 1.58. The molecule has 0 aliphatic rings. The van der Waals surface area contributed by atoms with Gasteiger partial charge >= 0.3 is 0 Å². The van der Waals surface area contributed by atoms with Crippen molar-refractivity contribution in [3.05, 3.63) is 29.6 Å². The number of rotatable bonds is 1. The van der Waals surface area contributed by atoms with Crippen LogP contribution in [0.3, 0.4) is 0 Å². The maximum absolute atomic E-state index is 13.4. The SMILES string of the molecule is CC(C)(F)c1ccncc1C#N. The van der Waals surface area contributed by atoms with E-state index in [9.17, 15) is 4.39 Å². The molecule has 0 radical (unpaired) electrons. The van der Waals surface area contributed by atoms with E-state index in [-0.39, 0.29) is 0 Å². The van der Waals surface area contributed by atoms with Crippen LogP contribution >= 0.6 is 0 Å². The molecule has 0 N–H and O–H groups in total. The zero-order chi connectivity index (χ0) is 9.19. The lowest BCUT2D eigenvalue weighted by Gasteiger charge is -2.14. The van der Waals surface area contributed by atoms with Crippen molar-refractivity contribution in [2.24, 2.45) is 0 Å². The molecule has 1 aromatic rings. The lowest BCUT2D eigenvalue weighted by Crippen LogP contribution is -2.11. The Morgan fingerprint density at radius 1 is 1.58 bits per heavy atom. The van der Waals surface area contributed by atoms with Gasteiger partial charge in [-0.25, -0.2) is 4.39 Å². The second-order valence-electron chi connectivity index (χ2n) is 3.01. The number of alkyl halides is 1. The minimum Gasteiger partial charge on any atom is -0.263 e. The molecule has 0 amide bonds. The summed E-state index contributed by atoms with van der Waals surface area (Å²) in [5.41, 5.74) is -0.793. The summed E-state index contributed by atoms with van der Waals surface area (Å²) in [6, 6.07) is 3.43. The van der Waals surface area contributed by atoms with Crippen LogP contribution in [0.15, 0.2) is 18.5 Å². The van der Waals surface area contributed by atoms with Crippen LogP contribution in [-0.2, 0) is 5.67 Å². The van der Waals surface area contributed by atoms with Crippen LogP contribution < -0.4 is 0 Å². The van der Waals surface area contributed by atoms with Crippen LogP contribution in [0, 0.1) is 11.3 Å². The third kappa shape index (κ3) is 1.59. The normalized spacial score (nSPS) is 10.8. The molecule has 3 heteroatoms. The third-order valence-corrected chi connectivity index (χ3v) is 1.58. The van der Waals surface area contributed by atoms with Gasteiger partial charge in [0.1, 0.15) is 11.7 Å². The van der Waals surface area contributed by atoms with Crippen LogP contribution in [0.1, 0.15) is 25.0 Å². The molecule has 12 heavy (non-hydrogen) atoms. The summed E-state index contributed by atoms with van der Waals surface area (Å²) in [5.74, 6) is 0. The summed E-state index contributed by atoms with van der Waals surface area (Å²) in [6.07, 6.45) is 2.86. The van der Waals surface area contributed by atoms with Crippen molar-refractivity contribution in [2.45, 2.75) is 19.5 Å². The van der Waals surface area contributed by atoms with Crippen LogP contribution in [0.4, 0.5) is 4.39 Å². The van der Waals surface area contributed by atoms with Crippen molar-refractivity contribution < 1.29 is 4.39 Å². The van der Waals surface area contributed by atoms with Gasteiger partial charge in [0, 0.05) is 18.0 Å². The van der Waals surface area contributed by atoms with E-state index < -0.39 is 5.67 Å². The molecule has 0 unspecified atom stereocenters. The first-order valence-corrected chi connectivity index (χ1v) is 3.59. The van der Waals surface area contributed by atoms with E-state index in [1.165, 1.54) is 32.3 Å². The van der Waals surface area contributed by atoms with E-state index in [2.05, 4.69) is 4.98 Å². The van der Waals surface area contributed by atoms with Gasteiger partial charge in [-0.15, -0.1) is 0 Å². The van der Waals surface area contributed by atoms with Gasteiger partial charge in [0.05, 0.1) is 5.56 Å². The van der Waals surface area contributed by atoms with E-state index in [1.807, 2.05) is 6.07 Å². The summed E-state index contributed by atoms with van der Waals surface area (Å²) in [6.45, 7) is 2.84. The van der Waals surface area contributed by atoms with Crippen LogP contribution in [0.2, 0.25) is 0 Å². The van der Waals surface area contributed by atoms with Crippen LogP contribution in [0.5, 0.6) is 0 Å². The smallest absolute Gasteiger partial charge is 0.131 e. The van der Waals surface area contributed by atoms with Gasteiger partial charge in [-0.2, -0.15) is 5.26 Å². The minimum atomic E-state index is -1.48. The standard InChI is InChI=1S/C9H9FN2/c1-9(2,10)8-3-4-12-6-7(8)5-11/h3-4,6H,1-2H3. The molecule has 0 aliphatic heterocycles. The Morgan fingerprint density at radius 2 is 2.25 bits per heavy atom. The summed E-state index contributed by atoms with van der Waals surface area (Å²) < 4.78 is 13.4. The molecule has 0 atom stereocenters. The molecule has 1 aromatic heterocycles. The molecule has 0 aliphatic carbocycles. The molecular formula is C9H9FN2. The highest BCUT2D eigenvalue weighted by Crippen LogP contribution is 2.26. The van der Waals surface area contributed by atoms with E-state index in [0.29, 0.717) is 11.1 Å². The maximum atomic E-state index is 13.4. The summed E-state index contributed by atoms with van der Waals surface area (Å²) in [7, 11) is 0. The fourth-order valence-electron chi connectivity index (χ4n) is 1.00. The van der Waals surface area contributed by atoms with E-state index >= 15 is 0 Å². The first-order chi connectivity index (χ1) is 5.55. The highest BCUT2D eigenvalue weighted by molar-refractivity contribution is 5.37. The average Bonchev–Trinajstić information content (AvgIpc) is 2.03. The van der Waals surface area contributed by atoms with E-state index in [4.69, 9.17) is 5.26 Å². The fourth-order valence-corrected chi connectivity index (χ4v) is 1.00. The van der Waals surface area contributed by atoms with Gasteiger partial charge in [0.25, 0.3) is 0 Å². The lowest BCUT2D eigenvalue weighted by molar-refractivity contribution is 0.221. The number of nitriles is 1. The van der Waals surface area contributed by atoms with Gasteiger partial charge in [-0.3, -0.25) is 4.98 Å². The Hall–Kier alpha value is -1.43. The largest absolute Gasteiger partial charge is 0.263 e. The van der Waals surface area contributed by atoms with Crippen molar-refractivity contribution in [1.82, 2.24) is 4.98 Å². The molecule has 1 rings (SSSR count). The Bertz CT molecular complexity index is 320. The van der Waals surface area contributed by atoms with Gasteiger partial charge in [0.15, 0.2) is 0 Å². The first-order valence-electron chi connectivity index (χ1n) is 3.59. The van der Waals surface area contributed by atoms with Gasteiger partial charge < -0.3 is 0 Å². The zero-order valence-electron chi connectivity index (χ0n) is 7.00. The molecule has 0 saturated carbocycles. The molecule has 0 aromatic carbocycles.